The van der Waals surface area contributed by atoms with Crippen molar-refractivity contribution < 1.29 is 19.2 Å². The van der Waals surface area contributed by atoms with Crippen LogP contribution in [0.3, 0.4) is 0 Å². The van der Waals surface area contributed by atoms with Crippen molar-refractivity contribution in [3.8, 4) is 0 Å². The smallest absolute Gasteiger partial charge is 0.308 e. The Bertz CT molecular complexity index is 1320. The highest BCUT2D eigenvalue weighted by Gasteiger charge is 2.21. The number of rotatable bonds is 8. The lowest BCUT2D eigenvalue weighted by atomic mass is 10.0. The molecule has 0 saturated heterocycles. The largest absolute Gasteiger partial charge is 0.405 e. The van der Waals surface area contributed by atoms with Crippen molar-refractivity contribution in [1.29, 1.82) is 0 Å². The molecule has 4 rings (SSSR count). The van der Waals surface area contributed by atoms with Crippen LogP contribution in [0.2, 0.25) is 0 Å². The minimum atomic E-state index is -1.16. The third-order valence-corrected chi connectivity index (χ3v) is 5.81. The molecule has 0 heterocycles. The van der Waals surface area contributed by atoms with Gasteiger partial charge in [0.2, 0.25) is 5.78 Å². The van der Waals surface area contributed by atoms with Crippen LogP contribution in [0, 0.1) is 0 Å². The highest BCUT2D eigenvalue weighted by molar-refractivity contribution is 7.99. The molecule has 5 nitrogen and oxygen atoms in total. The van der Waals surface area contributed by atoms with Gasteiger partial charge in [0.05, 0.1) is 0 Å². The number of carbonyl (C=O) groups excluding carboxylic acids is 3. The maximum atomic E-state index is 13.3. The summed E-state index contributed by atoms with van der Waals surface area (Å²) in [4.78, 5) is 44.8. The first-order valence-electron chi connectivity index (χ1n) is 10.4. The summed E-state index contributed by atoms with van der Waals surface area (Å²) in [5.41, 5.74) is 0.959. The van der Waals surface area contributed by atoms with Crippen molar-refractivity contribution in [1.82, 2.24) is 0 Å². The average Bonchev–Trinajstić information content (AvgIpc) is 2.90. The van der Waals surface area contributed by atoms with Crippen molar-refractivity contribution in [3.05, 3.63) is 132 Å². The summed E-state index contributed by atoms with van der Waals surface area (Å²) >= 11 is 1.58. The number of benzene rings is 4. The maximum absolute atomic E-state index is 13.3. The Morgan fingerprint density at radius 3 is 1.59 bits per heavy atom. The van der Waals surface area contributed by atoms with Gasteiger partial charge in [-0.05, 0) is 36.4 Å². The van der Waals surface area contributed by atoms with E-state index in [0.717, 1.165) is 9.79 Å². The lowest BCUT2D eigenvalue weighted by Crippen LogP contribution is -2.20. The lowest BCUT2D eigenvalue weighted by molar-refractivity contribution is -0.138. The van der Waals surface area contributed by atoms with Crippen LogP contribution in [-0.4, -0.2) is 23.2 Å². The molecule has 34 heavy (non-hydrogen) atoms. The molecule has 0 bridgehead atoms. The van der Waals surface area contributed by atoms with Gasteiger partial charge < -0.3 is 4.84 Å². The van der Waals surface area contributed by atoms with Gasteiger partial charge in [0.1, 0.15) is 0 Å². The highest BCUT2D eigenvalue weighted by Crippen LogP contribution is 2.27. The molecule has 0 aliphatic rings. The molecule has 166 valence electrons. The Hall–Kier alpha value is -4.29. The molecule has 0 radical (unpaired) electrons. The Labute approximate surface area is 201 Å². The fourth-order valence-electron chi connectivity index (χ4n) is 3.09. The average molecular weight is 466 g/mol. The van der Waals surface area contributed by atoms with Crippen LogP contribution in [0.15, 0.2) is 130 Å². The number of oxime groups is 1. The standard InChI is InChI=1S/C28H19NO4S/c30-26(22-16-18-24(19-17-22)34-23-14-8-3-9-15-23)25(20-10-4-1-5-11-20)29-33-28(32)27(31)21-12-6-2-7-13-21/h1-19H. The highest BCUT2D eigenvalue weighted by atomic mass is 32.2. The zero-order valence-corrected chi connectivity index (χ0v) is 18.8. The van der Waals surface area contributed by atoms with E-state index in [9.17, 15) is 14.4 Å². The van der Waals surface area contributed by atoms with Crippen LogP contribution < -0.4 is 0 Å². The third-order valence-electron chi connectivity index (χ3n) is 4.80. The van der Waals surface area contributed by atoms with Crippen LogP contribution in [-0.2, 0) is 9.63 Å². The van der Waals surface area contributed by atoms with Crippen LogP contribution in [0.25, 0.3) is 0 Å². The Balaban J connectivity index is 1.55. The van der Waals surface area contributed by atoms with E-state index in [1.165, 1.54) is 12.1 Å². The first-order chi connectivity index (χ1) is 16.6. The molecule has 6 heteroatoms. The first-order valence-corrected chi connectivity index (χ1v) is 11.3. The minimum absolute atomic E-state index is 0.0710. The van der Waals surface area contributed by atoms with Gasteiger partial charge >= 0.3 is 5.97 Å². The molecule has 0 aliphatic carbocycles. The van der Waals surface area contributed by atoms with Crippen molar-refractivity contribution in [2.24, 2.45) is 5.16 Å². The van der Waals surface area contributed by atoms with Crippen molar-refractivity contribution in [3.63, 3.8) is 0 Å². The van der Waals surface area contributed by atoms with Crippen molar-refractivity contribution in [2.45, 2.75) is 9.79 Å². The monoisotopic (exact) mass is 465 g/mol. The van der Waals surface area contributed by atoms with E-state index in [1.54, 1.807) is 72.4 Å². The molecule has 4 aromatic carbocycles. The normalized spacial score (nSPS) is 11.0. The summed E-state index contributed by atoms with van der Waals surface area (Å²) in [6.07, 6.45) is 0. The Morgan fingerprint density at radius 1 is 0.529 bits per heavy atom. The van der Waals surface area contributed by atoms with Gasteiger partial charge in [0, 0.05) is 26.5 Å². The SMILES string of the molecule is O=C(ON=C(C(=O)c1ccc(Sc2ccccc2)cc1)c1ccccc1)C(=O)c1ccccc1. The molecule has 0 spiro atoms. The number of ketones is 2. The summed E-state index contributed by atoms with van der Waals surface area (Å²) in [6, 6.07) is 33.7. The van der Waals surface area contributed by atoms with Gasteiger partial charge in [-0.2, -0.15) is 0 Å². The quantitative estimate of drug-likeness (QED) is 0.107. The van der Waals surface area contributed by atoms with Gasteiger partial charge in [-0.15, -0.1) is 0 Å². The second-order valence-electron chi connectivity index (χ2n) is 7.15. The topological polar surface area (TPSA) is 72.8 Å². The number of Topliss-reactive ketones (excluding diaryl/α,β-unsaturated/α-hetero) is 2. The number of nitrogens with zero attached hydrogens (tertiary/aromatic N) is 1. The van der Waals surface area contributed by atoms with Crippen LogP contribution in [0.5, 0.6) is 0 Å². The molecule has 0 amide bonds. The first kappa shape index (κ1) is 22.9. The van der Waals surface area contributed by atoms with Gasteiger partial charge in [-0.3, -0.25) is 9.59 Å². The number of hydrogen-bond acceptors (Lipinski definition) is 6. The van der Waals surface area contributed by atoms with E-state index in [-0.39, 0.29) is 11.3 Å². The third kappa shape index (κ3) is 5.74. The predicted octanol–water partition coefficient (Wildman–Crippen LogP) is 5.85. The van der Waals surface area contributed by atoms with Gasteiger partial charge in [0.25, 0.3) is 5.78 Å². The lowest BCUT2D eigenvalue weighted by Gasteiger charge is -2.07. The number of carbonyl (C=O) groups is 3. The second-order valence-corrected chi connectivity index (χ2v) is 8.30. The van der Waals surface area contributed by atoms with Gasteiger partial charge in [0.15, 0.2) is 5.71 Å². The zero-order chi connectivity index (χ0) is 23.8. The van der Waals surface area contributed by atoms with E-state index < -0.39 is 17.5 Å². The maximum Gasteiger partial charge on any atom is 0.405 e. The summed E-state index contributed by atoms with van der Waals surface area (Å²) in [5.74, 6) is -2.43. The Kier molecular flexibility index (Phi) is 7.42. The van der Waals surface area contributed by atoms with Gasteiger partial charge in [-0.25, -0.2) is 4.79 Å². The molecule has 0 aromatic heterocycles. The van der Waals surface area contributed by atoms with Crippen molar-refractivity contribution in [2.75, 3.05) is 0 Å². The van der Waals surface area contributed by atoms with Crippen LogP contribution in [0.4, 0.5) is 0 Å². The molecule has 0 fully saturated rings. The van der Waals surface area contributed by atoms with Crippen LogP contribution in [0.1, 0.15) is 26.3 Å². The van der Waals surface area contributed by atoms with Crippen LogP contribution >= 0.6 is 11.8 Å². The molecule has 0 aliphatic heterocycles. The summed E-state index contributed by atoms with van der Waals surface area (Å²) in [6.45, 7) is 0. The molecule has 0 saturated carbocycles. The second kappa shape index (κ2) is 11.0. The molecule has 0 unspecified atom stereocenters. The van der Waals surface area contributed by atoms with E-state index in [2.05, 4.69) is 5.16 Å². The zero-order valence-electron chi connectivity index (χ0n) is 18.0. The summed E-state index contributed by atoms with van der Waals surface area (Å²) in [7, 11) is 0. The Morgan fingerprint density at radius 2 is 1.00 bits per heavy atom. The minimum Gasteiger partial charge on any atom is -0.308 e. The summed E-state index contributed by atoms with van der Waals surface area (Å²) < 4.78 is 0. The van der Waals surface area contributed by atoms with E-state index >= 15 is 0 Å². The fraction of sp³-hybridized carbons (Fsp3) is 0. The molecular formula is C28H19NO4S. The number of hydrogen-bond donors (Lipinski definition) is 0. The molecular weight excluding hydrogens is 446 g/mol. The summed E-state index contributed by atoms with van der Waals surface area (Å²) in [5, 5.41) is 3.80. The molecule has 4 aromatic rings. The van der Waals surface area contributed by atoms with E-state index in [0.29, 0.717) is 11.1 Å². The predicted molar refractivity (Wildman–Crippen MR) is 131 cm³/mol. The van der Waals surface area contributed by atoms with Crippen molar-refractivity contribution >= 4 is 35.0 Å². The van der Waals surface area contributed by atoms with E-state index in [1.807, 2.05) is 42.5 Å². The van der Waals surface area contributed by atoms with Gasteiger partial charge in [-0.1, -0.05) is 95.8 Å². The fourth-order valence-corrected chi connectivity index (χ4v) is 3.93. The molecule has 0 atom stereocenters. The molecule has 0 N–H and O–H groups in total. The van der Waals surface area contributed by atoms with E-state index in [4.69, 9.17) is 4.84 Å².